The standard InChI is InChI=1S/C16H13BrN2O3S3/c1-2-25(21,22)11-5-3-4-10(8-11)15(20)19-16-18-12(9-23-16)13-6-7-14(17)24-13/h3-9H,2H2,1H3,(H,18,19,20). The number of hydrogen-bond donors (Lipinski definition) is 1. The van der Waals surface area contributed by atoms with Crippen molar-refractivity contribution in [2.45, 2.75) is 11.8 Å². The minimum atomic E-state index is -3.35. The van der Waals surface area contributed by atoms with Crippen LogP contribution in [-0.2, 0) is 9.84 Å². The summed E-state index contributed by atoms with van der Waals surface area (Å²) in [6, 6.07) is 9.92. The first-order valence-corrected chi connectivity index (χ1v) is 11.4. The molecule has 0 spiro atoms. The van der Waals surface area contributed by atoms with Gasteiger partial charge >= 0.3 is 0 Å². The van der Waals surface area contributed by atoms with E-state index in [0.717, 1.165) is 14.4 Å². The van der Waals surface area contributed by atoms with E-state index in [0.29, 0.717) is 5.13 Å². The first-order chi connectivity index (χ1) is 11.9. The quantitative estimate of drug-likeness (QED) is 0.604. The number of carbonyl (C=O) groups excluding carboxylic acids is 1. The lowest BCUT2D eigenvalue weighted by Gasteiger charge is -2.05. The van der Waals surface area contributed by atoms with Gasteiger partial charge in [0.15, 0.2) is 15.0 Å². The molecule has 0 aliphatic heterocycles. The highest BCUT2D eigenvalue weighted by atomic mass is 79.9. The predicted molar refractivity (Wildman–Crippen MR) is 105 cm³/mol. The van der Waals surface area contributed by atoms with Gasteiger partial charge in [0.2, 0.25) is 0 Å². The van der Waals surface area contributed by atoms with Crippen molar-refractivity contribution < 1.29 is 13.2 Å². The van der Waals surface area contributed by atoms with Gasteiger partial charge in [0, 0.05) is 10.9 Å². The molecule has 3 rings (SSSR count). The molecule has 0 saturated heterocycles. The molecule has 1 aromatic carbocycles. The summed E-state index contributed by atoms with van der Waals surface area (Å²) < 4.78 is 24.9. The van der Waals surface area contributed by atoms with E-state index in [4.69, 9.17) is 0 Å². The summed E-state index contributed by atoms with van der Waals surface area (Å²) in [5.41, 5.74) is 1.07. The van der Waals surface area contributed by atoms with Crippen LogP contribution in [0.3, 0.4) is 0 Å². The van der Waals surface area contributed by atoms with Crippen molar-refractivity contribution in [1.29, 1.82) is 0 Å². The Morgan fingerprint density at radius 3 is 2.76 bits per heavy atom. The molecule has 1 N–H and O–H groups in total. The Balaban J connectivity index is 1.79. The third-order valence-electron chi connectivity index (χ3n) is 3.39. The molecule has 2 heterocycles. The number of halogens is 1. The van der Waals surface area contributed by atoms with Crippen LogP contribution < -0.4 is 5.32 Å². The summed E-state index contributed by atoms with van der Waals surface area (Å²) in [7, 11) is -3.35. The average Bonchev–Trinajstić information content (AvgIpc) is 3.24. The number of nitrogens with zero attached hydrogens (tertiary/aromatic N) is 1. The zero-order chi connectivity index (χ0) is 18.0. The molecule has 0 radical (unpaired) electrons. The van der Waals surface area contributed by atoms with Gasteiger partial charge in [0.05, 0.1) is 25.0 Å². The monoisotopic (exact) mass is 456 g/mol. The summed E-state index contributed by atoms with van der Waals surface area (Å²) >= 11 is 6.29. The highest BCUT2D eigenvalue weighted by Crippen LogP contribution is 2.33. The number of hydrogen-bond acceptors (Lipinski definition) is 6. The first-order valence-electron chi connectivity index (χ1n) is 7.24. The molecule has 3 aromatic rings. The SMILES string of the molecule is CCS(=O)(=O)c1cccc(C(=O)Nc2nc(-c3ccc(Br)s3)cs2)c1. The van der Waals surface area contributed by atoms with E-state index in [-0.39, 0.29) is 22.1 Å². The van der Waals surface area contributed by atoms with Crippen LogP contribution in [0, 0.1) is 0 Å². The second kappa shape index (κ2) is 7.36. The normalized spacial score (nSPS) is 11.4. The summed E-state index contributed by atoms with van der Waals surface area (Å²) in [6.07, 6.45) is 0. The van der Waals surface area contributed by atoms with Crippen molar-refractivity contribution in [1.82, 2.24) is 4.98 Å². The highest BCUT2D eigenvalue weighted by Gasteiger charge is 2.15. The molecule has 0 atom stereocenters. The lowest BCUT2D eigenvalue weighted by atomic mass is 10.2. The van der Waals surface area contributed by atoms with Gasteiger partial charge in [-0.2, -0.15) is 0 Å². The Morgan fingerprint density at radius 1 is 1.28 bits per heavy atom. The Morgan fingerprint density at radius 2 is 2.08 bits per heavy atom. The third kappa shape index (κ3) is 4.17. The fraction of sp³-hybridized carbons (Fsp3) is 0.125. The van der Waals surface area contributed by atoms with Crippen molar-refractivity contribution in [2.24, 2.45) is 0 Å². The van der Waals surface area contributed by atoms with Crippen molar-refractivity contribution >= 4 is 59.5 Å². The number of thiophene rings is 1. The molecule has 9 heteroatoms. The number of thiazole rings is 1. The van der Waals surface area contributed by atoms with Crippen LogP contribution >= 0.6 is 38.6 Å². The van der Waals surface area contributed by atoms with Crippen LogP contribution in [-0.4, -0.2) is 25.1 Å². The largest absolute Gasteiger partial charge is 0.298 e. The van der Waals surface area contributed by atoms with Crippen LogP contribution in [0.5, 0.6) is 0 Å². The first kappa shape index (κ1) is 18.2. The molecule has 0 aliphatic carbocycles. The van der Waals surface area contributed by atoms with Gasteiger partial charge in [0.1, 0.15) is 0 Å². The number of benzene rings is 1. The van der Waals surface area contributed by atoms with E-state index in [2.05, 4.69) is 26.2 Å². The summed E-state index contributed by atoms with van der Waals surface area (Å²) in [5, 5.41) is 5.05. The summed E-state index contributed by atoms with van der Waals surface area (Å²) in [5.74, 6) is -0.397. The fourth-order valence-corrected chi connectivity index (χ4v) is 5.12. The minimum Gasteiger partial charge on any atom is -0.298 e. The molecule has 0 fully saturated rings. The third-order valence-corrected chi connectivity index (χ3v) is 7.52. The van der Waals surface area contributed by atoms with Crippen molar-refractivity contribution in [2.75, 3.05) is 11.1 Å². The number of aromatic nitrogens is 1. The maximum Gasteiger partial charge on any atom is 0.257 e. The lowest BCUT2D eigenvalue weighted by Crippen LogP contribution is -2.13. The fourth-order valence-electron chi connectivity index (χ4n) is 2.06. The lowest BCUT2D eigenvalue weighted by molar-refractivity contribution is 0.102. The number of rotatable bonds is 5. The number of amides is 1. The number of sulfone groups is 1. The number of anilines is 1. The Bertz CT molecular complexity index is 1020. The molecule has 0 bridgehead atoms. The van der Waals surface area contributed by atoms with Crippen molar-refractivity contribution in [3.8, 4) is 10.6 Å². The Hall–Kier alpha value is -1.55. The van der Waals surface area contributed by atoms with Gasteiger partial charge in [-0.1, -0.05) is 13.0 Å². The van der Waals surface area contributed by atoms with Gasteiger partial charge in [-0.3, -0.25) is 10.1 Å². The maximum atomic E-state index is 12.4. The van der Waals surface area contributed by atoms with Gasteiger partial charge in [-0.25, -0.2) is 13.4 Å². The van der Waals surface area contributed by atoms with E-state index >= 15 is 0 Å². The zero-order valence-corrected chi connectivity index (χ0v) is 17.1. The molecule has 0 saturated carbocycles. The molecule has 5 nitrogen and oxygen atoms in total. The summed E-state index contributed by atoms with van der Waals surface area (Å²) in [6.45, 7) is 1.57. The van der Waals surface area contributed by atoms with Gasteiger partial charge < -0.3 is 0 Å². The molecular formula is C16H13BrN2O3S3. The second-order valence-corrected chi connectivity index (χ2v) is 10.6. The topological polar surface area (TPSA) is 76.1 Å². The molecule has 130 valence electrons. The minimum absolute atomic E-state index is 0.00964. The van der Waals surface area contributed by atoms with Crippen molar-refractivity contribution in [3.05, 3.63) is 51.1 Å². The molecule has 0 aliphatic rings. The highest BCUT2D eigenvalue weighted by molar-refractivity contribution is 9.11. The van der Waals surface area contributed by atoms with Gasteiger partial charge in [-0.05, 0) is 46.3 Å². The van der Waals surface area contributed by atoms with E-state index in [1.807, 2.05) is 17.5 Å². The van der Waals surface area contributed by atoms with Crippen LogP contribution in [0.1, 0.15) is 17.3 Å². The van der Waals surface area contributed by atoms with E-state index in [1.54, 1.807) is 30.4 Å². The Kier molecular flexibility index (Phi) is 5.38. The van der Waals surface area contributed by atoms with Crippen molar-refractivity contribution in [3.63, 3.8) is 0 Å². The summed E-state index contributed by atoms with van der Waals surface area (Å²) in [4.78, 5) is 17.9. The van der Waals surface area contributed by atoms with E-state index in [9.17, 15) is 13.2 Å². The number of carbonyl (C=O) groups is 1. The number of nitrogens with one attached hydrogen (secondary N) is 1. The van der Waals surface area contributed by atoms with Crippen LogP contribution in [0.2, 0.25) is 0 Å². The molecule has 2 aromatic heterocycles. The second-order valence-electron chi connectivity index (χ2n) is 5.03. The maximum absolute atomic E-state index is 12.4. The molecule has 25 heavy (non-hydrogen) atoms. The predicted octanol–water partition coefficient (Wildman–Crippen LogP) is 4.68. The van der Waals surface area contributed by atoms with Gasteiger partial charge in [0.25, 0.3) is 5.91 Å². The molecular weight excluding hydrogens is 444 g/mol. The smallest absolute Gasteiger partial charge is 0.257 e. The Labute approximate surface area is 161 Å². The van der Waals surface area contributed by atoms with Crippen LogP contribution in [0.15, 0.2) is 50.5 Å². The van der Waals surface area contributed by atoms with E-state index in [1.165, 1.54) is 23.5 Å². The van der Waals surface area contributed by atoms with E-state index < -0.39 is 9.84 Å². The average molecular weight is 457 g/mol. The molecule has 1 amide bonds. The van der Waals surface area contributed by atoms with Crippen LogP contribution in [0.25, 0.3) is 10.6 Å². The zero-order valence-electron chi connectivity index (χ0n) is 13.0. The van der Waals surface area contributed by atoms with Gasteiger partial charge in [-0.15, -0.1) is 22.7 Å². The molecule has 0 unspecified atom stereocenters. The van der Waals surface area contributed by atoms with Crippen LogP contribution in [0.4, 0.5) is 5.13 Å².